The molecular weight excluding hydrogens is 268 g/mol. The summed E-state index contributed by atoms with van der Waals surface area (Å²) in [6.45, 7) is 4.57. The van der Waals surface area contributed by atoms with E-state index in [2.05, 4.69) is 21.6 Å². The highest BCUT2D eigenvalue weighted by Gasteiger charge is 2.30. The molecule has 2 aliphatic heterocycles. The first-order chi connectivity index (χ1) is 10.2. The summed E-state index contributed by atoms with van der Waals surface area (Å²) in [4.78, 5) is 14.1. The Morgan fingerprint density at radius 1 is 1.57 bits per heavy atom. The van der Waals surface area contributed by atoms with Crippen LogP contribution in [0.3, 0.4) is 0 Å². The van der Waals surface area contributed by atoms with E-state index in [4.69, 9.17) is 10.00 Å². The number of morpholine rings is 1. The number of nitrogens with one attached hydrogen (secondary N) is 2. The number of carbonyl (C=O) groups is 1. The van der Waals surface area contributed by atoms with Gasteiger partial charge in [-0.25, -0.2) is 0 Å². The van der Waals surface area contributed by atoms with Crippen LogP contribution in [0, 0.1) is 11.3 Å². The van der Waals surface area contributed by atoms with Crippen molar-refractivity contribution in [1.82, 2.24) is 5.32 Å². The lowest BCUT2D eigenvalue weighted by molar-refractivity contribution is -0.117. The van der Waals surface area contributed by atoms with Crippen molar-refractivity contribution in [2.24, 2.45) is 0 Å². The van der Waals surface area contributed by atoms with Gasteiger partial charge in [0.1, 0.15) is 6.04 Å². The van der Waals surface area contributed by atoms with Gasteiger partial charge in [0.2, 0.25) is 5.91 Å². The fraction of sp³-hybridized carbons (Fsp3) is 0.467. The summed E-state index contributed by atoms with van der Waals surface area (Å²) >= 11 is 0. The third kappa shape index (κ3) is 2.58. The molecule has 0 aliphatic carbocycles. The minimum atomic E-state index is -0.392. The molecule has 0 aromatic heterocycles. The molecule has 2 heterocycles. The number of likely N-dealkylation sites (N-methyl/N-ethyl adjacent to an activating group) is 1. The van der Waals surface area contributed by atoms with Crippen LogP contribution in [0.5, 0.6) is 0 Å². The van der Waals surface area contributed by atoms with Crippen LogP contribution in [-0.2, 0) is 9.53 Å². The minimum Gasteiger partial charge on any atom is -0.365 e. The van der Waals surface area contributed by atoms with Crippen molar-refractivity contribution in [2.75, 3.05) is 36.5 Å². The number of rotatable bonds is 3. The summed E-state index contributed by atoms with van der Waals surface area (Å²) in [5.41, 5.74) is 2.84. The first-order valence-electron chi connectivity index (χ1n) is 7.17. The number of anilines is 2. The first-order valence-corrected chi connectivity index (χ1v) is 7.17. The first kappa shape index (κ1) is 13.9. The Morgan fingerprint density at radius 3 is 3.19 bits per heavy atom. The van der Waals surface area contributed by atoms with E-state index < -0.39 is 6.10 Å². The van der Waals surface area contributed by atoms with Gasteiger partial charge >= 0.3 is 0 Å². The Kier molecular flexibility index (Phi) is 3.78. The Labute approximate surface area is 123 Å². The molecular formula is C15H18N4O2. The van der Waals surface area contributed by atoms with Crippen molar-refractivity contribution in [1.29, 1.82) is 5.26 Å². The molecule has 1 aromatic rings. The highest BCUT2D eigenvalue weighted by Crippen LogP contribution is 2.34. The van der Waals surface area contributed by atoms with Crippen LogP contribution in [0.15, 0.2) is 18.2 Å². The number of nitrogens with zero attached hydrogens (tertiary/aromatic N) is 2. The molecule has 21 heavy (non-hydrogen) atoms. The fourth-order valence-corrected chi connectivity index (χ4v) is 2.82. The molecule has 0 bridgehead atoms. The second kappa shape index (κ2) is 5.72. The summed E-state index contributed by atoms with van der Waals surface area (Å²) in [6.07, 6.45) is -0.392. The standard InChI is InChI=1S/C15H18N4O2/c1-2-17-14-12-4-3-10(7-13(12)18-15(14)20)19-5-6-21-11(8-16)9-19/h3-4,7,11,14,17H,2,5-6,9H2,1H3,(H,18,20). The minimum absolute atomic E-state index is 0.0131. The van der Waals surface area contributed by atoms with Crippen molar-refractivity contribution >= 4 is 17.3 Å². The molecule has 2 atom stereocenters. The molecule has 1 aromatic carbocycles. The SMILES string of the molecule is CCNC1C(=O)Nc2cc(N3CCOC(C#N)C3)ccc21. The number of ether oxygens (including phenoxy) is 1. The highest BCUT2D eigenvalue weighted by atomic mass is 16.5. The van der Waals surface area contributed by atoms with E-state index in [1.165, 1.54) is 0 Å². The molecule has 1 amide bonds. The van der Waals surface area contributed by atoms with Gasteiger partial charge in [0.05, 0.1) is 19.2 Å². The maximum absolute atomic E-state index is 12.0. The molecule has 3 rings (SSSR count). The van der Waals surface area contributed by atoms with Gasteiger partial charge in [-0.15, -0.1) is 0 Å². The lowest BCUT2D eigenvalue weighted by Crippen LogP contribution is -2.41. The molecule has 6 nitrogen and oxygen atoms in total. The molecule has 110 valence electrons. The lowest BCUT2D eigenvalue weighted by Gasteiger charge is -2.31. The zero-order valence-corrected chi connectivity index (χ0v) is 11.9. The van der Waals surface area contributed by atoms with E-state index in [9.17, 15) is 4.79 Å². The molecule has 1 saturated heterocycles. The summed E-state index contributed by atoms with van der Waals surface area (Å²) < 4.78 is 5.36. The van der Waals surface area contributed by atoms with Crippen LogP contribution in [-0.4, -0.2) is 38.3 Å². The van der Waals surface area contributed by atoms with E-state index in [0.717, 1.165) is 30.0 Å². The molecule has 0 radical (unpaired) electrons. The van der Waals surface area contributed by atoms with Gasteiger partial charge in [-0.05, 0) is 18.7 Å². The predicted molar refractivity (Wildman–Crippen MR) is 79.1 cm³/mol. The predicted octanol–water partition coefficient (Wildman–Crippen LogP) is 1.02. The summed E-state index contributed by atoms with van der Waals surface area (Å²) in [6, 6.07) is 7.83. The molecule has 0 saturated carbocycles. The van der Waals surface area contributed by atoms with Gasteiger partial charge < -0.3 is 20.3 Å². The average Bonchev–Trinajstić information content (AvgIpc) is 2.83. The van der Waals surface area contributed by atoms with E-state index in [1.54, 1.807) is 0 Å². The van der Waals surface area contributed by atoms with Crippen LogP contribution < -0.4 is 15.5 Å². The van der Waals surface area contributed by atoms with Crippen molar-refractivity contribution in [3.05, 3.63) is 23.8 Å². The molecule has 0 spiro atoms. The number of hydrogen-bond donors (Lipinski definition) is 2. The molecule has 2 unspecified atom stereocenters. The number of fused-ring (bicyclic) bond motifs is 1. The van der Waals surface area contributed by atoms with Crippen LogP contribution in [0.1, 0.15) is 18.5 Å². The number of benzene rings is 1. The Hall–Kier alpha value is -2.10. The summed E-state index contributed by atoms with van der Waals surface area (Å²) in [7, 11) is 0. The lowest BCUT2D eigenvalue weighted by atomic mass is 10.1. The summed E-state index contributed by atoms with van der Waals surface area (Å²) in [5, 5.41) is 15.1. The Bertz CT molecular complexity index is 596. The van der Waals surface area contributed by atoms with Crippen LogP contribution in [0.2, 0.25) is 0 Å². The molecule has 2 aliphatic rings. The maximum atomic E-state index is 12.0. The zero-order chi connectivity index (χ0) is 14.8. The normalized spacial score (nSPS) is 24.4. The zero-order valence-electron chi connectivity index (χ0n) is 11.9. The van der Waals surface area contributed by atoms with Crippen LogP contribution in [0.4, 0.5) is 11.4 Å². The van der Waals surface area contributed by atoms with Crippen LogP contribution >= 0.6 is 0 Å². The summed E-state index contributed by atoms with van der Waals surface area (Å²) in [5.74, 6) is -0.0131. The topological polar surface area (TPSA) is 77.4 Å². The second-order valence-corrected chi connectivity index (χ2v) is 5.19. The molecule has 2 N–H and O–H groups in total. The fourth-order valence-electron chi connectivity index (χ4n) is 2.82. The van der Waals surface area contributed by atoms with Gasteiger partial charge in [0.15, 0.2) is 6.10 Å². The van der Waals surface area contributed by atoms with E-state index >= 15 is 0 Å². The largest absolute Gasteiger partial charge is 0.365 e. The maximum Gasteiger partial charge on any atom is 0.246 e. The smallest absolute Gasteiger partial charge is 0.246 e. The number of nitriles is 1. The van der Waals surface area contributed by atoms with Gasteiger partial charge in [0.25, 0.3) is 0 Å². The van der Waals surface area contributed by atoms with E-state index in [-0.39, 0.29) is 11.9 Å². The van der Waals surface area contributed by atoms with Gasteiger partial charge in [-0.2, -0.15) is 5.26 Å². The Morgan fingerprint density at radius 2 is 2.43 bits per heavy atom. The molecule has 1 fully saturated rings. The van der Waals surface area contributed by atoms with Crippen molar-refractivity contribution in [3.63, 3.8) is 0 Å². The van der Waals surface area contributed by atoms with Crippen molar-refractivity contribution in [3.8, 4) is 6.07 Å². The third-order valence-corrected chi connectivity index (χ3v) is 3.85. The third-order valence-electron chi connectivity index (χ3n) is 3.85. The molecule has 6 heteroatoms. The number of amides is 1. The van der Waals surface area contributed by atoms with Gasteiger partial charge in [-0.3, -0.25) is 4.79 Å². The highest BCUT2D eigenvalue weighted by molar-refractivity contribution is 6.03. The second-order valence-electron chi connectivity index (χ2n) is 5.19. The van der Waals surface area contributed by atoms with Crippen molar-refractivity contribution < 1.29 is 9.53 Å². The number of hydrogen-bond acceptors (Lipinski definition) is 5. The van der Waals surface area contributed by atoms with E-state index in [0.29, 0.717) is 13.2 Å². The van der Waals surface area contributed by atoms with Crippen molar-refractivity contribution in [2.45, 2.75) is 19.1 Å². The average molecular weight is 286 g/mol. The van der Waals surface area contributed by atoms with E-state index in [1.807, 2.05) is 25.1 Å². The quantitative estimate of drug-likeness (QED) is 0.867. The van der Waals surface area contributed by atoms with Gasteiger partial charge in [0, 0.05) is 23.5 Å². The number of carbonyl (C=O) groups excluding carboxylic acids is 1. The van der Waals surface area contributed by atoms with Gasteiger partial charge in [-0.1, -0.05) is 13.0 Å². The monoisotopic (exact) mass is 286 g/mol. The Balaban J connectivity index is 1.83. The van der Waals surface area contributed by atoms with Crippen LogP contribution in [0.25, 0.3) is 0 Å².